The van der Waals surface area contributed by atoms with Crippen LogP contribution in [-0.2, 0) is 0 Å². The number of amidine groups is 1. The van der Waals surface area contributed by atoms with Crippen LogP contribution in [0.5, 0.6) is 0 Å². The van der Waals surface area contributed by atoms with Crippen LogP contribution < -0.4 is 5.11 Å². The van der Waals surface area contributed by atoms with E-state index in [1.54, 1.807) is 14.1 Å². The van der Waals surface area contributed by atoms with E-state index in [0.29, 0.717) is 0 Å². The summed E-state index contributed by atoms with van der Waals surface area (Å²) in [5.74, 6) is 0. The maximum absolute atomic E-state index is 11.7. The summed E-state index contributed by atoms with van der Waals surface area (Å²) >= 11 is 0. The van der Waals surface area contributed by atoms with Gasteiger partial charge in [-0.25, -0.2) is 9.69 Å². The first-order valence-corrected chi connectivity index (χ1v) is 4.12. The molecule has 0 radical (unpaired) electrons. The fourth-order valence-electron chi connectivity index (χ4n) is 1.20. The van der Waals surface area contributed by atoms with Gasteiger partial charge in [-0.1, -0.05) is 5.10 Å². The summed E-state index contributed by atoms with van der Waals surface area (Å²) in [5.41, 5.74) is -0.496. The molecule has 0 aromatic heterocycles. The van der Waals surface area contributed by atoms with Crippen LogP contribution >= 0.6 is 0 Å². The summed E-state index contributed by atoms with van der Waals surface area (Å²) in [6.07, 6.45) is 0. The second-order valence-electron chi connectivity index (χ2n) is 4.57. The number of hydrogen-bond donors (Lipinski definition) is 0. The number of quaternary nitrogens is 1. The average Bonchev–Trinajstić information content (AvgIpc) is 1.99. The van der Waals surface area contributed by atoms with E-state index in [2.05, 4.69) is 5.10 Å². The minimum atomic E-state index is -0.496. The minimum absolute atomic E-state index is 0.240. The first-order valence-electron chi connectivity index (χ1n) is 4.12. The van der Waals surface area contributed by atoms with Gasteiger partial charge in [-0.2, -0.15) is 0 Å². The normalized spacial score (nSPS) is 22.1. The molecule has 74 valence electrons. The molecular formula is C8H15N3O2. The molecule has 0 fully saturated rings. The zero-order valence-corrected chi connectivity index (χ0v) is 8.66. The predicted molar refractivity (Wildman–Crippen MR) is 46.5 cm³/mol. The smallest absolute Gasteiger partial charge is 0.450 e. The fourth-order valence-corrected chi connectivity index (χ4v) is 1.20. The molecule has 1 rings (SSSR count). The zero-order chi connectivity index (χ0) is 10.4. The maximum Gasteiger partial charge on any atom is 0.450 e. The van der Waals surface area contributed by atoms with E-state index in [-0.39, 0.29) is 10.6 Å². The van der Waals surface area contributed by atoms with E-state index in [1.165, 1.54) is 4.90 Å². The molecule has 0 aliphatic carbocycles. The molecule has 0 atom stereocenters. The number of hydrogen-bond acceptors (Lipinski definition) is 3. The molecule has 5 nitrogen and oxygen atoms in total. The number of carbonyl (C=O) groups excluding carboxylic acids is 1. The molecule has 0 spiro atoms. The van der Waals surface area contributed by atoms with Crippen LogP contribution in [0.25, 0.3) is 0 Å². The van der Waals surface area contributed by atoms with Crippen molar-refractivity contribution in [3.05, 3.63) is 0 Å². The van der Waals surface area contributed by atoms with Crippen molar-refractivity contribution in [1.82, 2.24) is 4.90 Å². The minimum Gasteiger partial charge on any atom is -0.842 e. The molecule has 1 heterocycles. The molecule has 2 amide bonds. The Hall–Kier alpha value is -1.10. The van der Waals surface area contributed by atoms with Gasteiger partial charge in [0, 0.05) is 5.54 Å². The molecular weight excluding hydrogens is 170 g/mol. The highest BCUT2D eigenvalue weighted by atomic mass is 16.3. The third-order valence-electron chi connectivity index (χ3n) is 1.86. The molecule has 5 heteroatoms. The summed E-state index contributed by atoms with van der Waals surface area (Å²) in [6, 6.07) is -0.736. The fraction of sp³-hybridized carbons (Fsp3) is 0.750. The summed E-state index contributed by atoms with van der Waals surface area (Å²) in [4.78, 5) is 12.9. The number of amides is 2. The lowest BCUT2D eigenvalue weighted by molar-refractivity contribution is -0.814. The molecule has 0 aromatic rings. The molecule has 1 aliphatic heterocycles. The van der Waals surface area contributed by atoms with Gasteiger partial charge in [0.05, 0.1) is 0 Å². The molecule has 0 saturated heterocycles. The van der Waals surface area contributed by atoms with Crippen LogP contribution in [0.3, 0.4) is 0 Å². The Kier molecular flexibility index (Phi) is 1.88. The Bertz CT molecular complexity index is 276. The standard InChI is InChI=1S/C8H15N3O2/c1-8(2,3)10-6(12)9-11(4,5)7(10)13/h1-5H3. The molecule has 0 aromatic carbocycles. The summed E-state index contributed by atoms with van der Waals surface area (Å²) < 4.78 is -0.240. The lowest BCUT2D eigenvalue weighted by Gasteiger charge is -2.32. The lowest BCUT2D eigenvalue weighted by atomic mass is 10.1. The average molecular weight is 185 g/mol. The van der Waals surface area contributed by atoms with E-state index in [1.807, 2.05) is 20.8 Å². The Morgan fingerprint density at radius 3 is 2.00 bits per heavy atom. The number of urea groups is 1. The van der Waals surface area contributed by atoms with Gasteiger partial charge in [0.2, 0.25) is 0 Å². The third-order valence-corrected chi connectivity index (χ3v) is 1.86. The van der Waals surface area contributed by atoms with Gasteiger partial charge in [-0.05, 0) is 20.8 Å². The molecule has 1 aliphatic rings. The number of rotatable bonds is 0. The van der Waals surface area contributed by atoms with Crippen LogP contribution in [0.1, 0.15) is 20.8 Å². The van der Waals surface area contributed by atoms with Crippen molar-refractivity contribution in [3.63, 3.8) is 0 Å². The summed E-state index contributed by atoms with van der Waals surface area (Å²) in [7, 11) is 3.18. The van der Waals surface area contributed by atoms with E-state index < -0.39 is 11.6 Å². The van der Waals surface area contributed by atoms with Crippen molar-refractivity contribution in [2.24, 2.45) is 5.10 Å². The van der Waals surface area contributed by atoms with Gasteiger partial charge in [0.25, 0.3) is 0 Å². The van der Waals surface area contributed by atoms with Gasteiger partial charge < -0.3 is 5.11 Å². The Balaban J connectivity index is 3.07. The summed E-state index contributed by atoms with van der Waals surface area (Å²) in [5, 5.41) is 15.1. The van der Waals surface area contributed by atoms with E-state index in [0.717, 1.165) is 0 Å². The first-order chi connectivity index (χ1) is 5.66. The van der Waals surface area contributed by atoms with Crippen molar-refractivity contribution in [2.75, 3.05) is 14.1 Å². The van der Waals surface area contributed by atoms with Gasteiger partial charge in [-0.3, -0.25) is 0 Å². The lowest BCUT2D eigenvalue weighted by Crippen LogP contribution is -2.54. The van der Waals surface area contributed by atoms with Crippen LogP contribution in [-0.4, -0.2) is 41.2 Å². The molecule has 0 unspecified atom stereocenters. The topological polar surface area (TPSA) is 55.7 Å². The zero-order valence-electron chi connectivity index (χ0n) is 8.66. The highest BCUT2D eigenvalue weighted by molar-refractivity contribution is 5.91. The van der Waals surface area contributed by atoms with Crippen molar-refractivity contribution >= 4 is 12.1 Å². The van der Waals surface area contributed by atoms with Crippen molar-refractivity contribution < 1.29 is 14.5 Å². The summed E-state index contributed by atoms with van der Waals surface area (Å²) in [6.45, 7) is 5.43. The van der Waals surface area contributed by atoms with Crippen molar-refractivity contribution in [3.8, 4) is 0 Å². The molecule has 13 heavy (non-hydrogen) atoms. The second-order valence-corrected chi connectivity index (χ2v) is 4.57. The van der Waals surface area contributed by atoms with Crippen molar-refractivity contribution in [1.29, 1.82) is 0 Å². The number of carbonyl (C=O) groups is 1. The van der Waals surface area contributed by atoms with Gasteiger partial charge in [0.1, 0.15) is 20.1 Å². The highest BCUT2D eigenvalue weighted by Crippen LogP contribution is 2.23. The third kappa shape index (κ3) is 1.51. The van der Waals surface area contributed by atoms with Crippen molar-refractivity contribution in [2.45, 2.75) is 26.3 Å². The second kappa shape index (κ2) is 2.45. The SMILES string of the molecule is CC(C)(C)N1C(=O)[N+](C)(C)N=C1[O-]. The predicted octanol–water partition coefficient (Wildman–Crippen LogP) is -0.0718. The van der Waals surface area contributed by atoms with Gasteiger partial charge in [-0.15, -0.1) is 4.59 Å². The van der Waals surface area contributed by atoms with E-state index in [4.69, 9.17) is 0 Å². The van der Waals surface area contributed by atoms with Crippen LogP contribution in [0.4, 0.5) is 4.79 Å². The van der Waals surface area contributed by atoms with E-state index >= 15 is 0 Å². The quantitative estimate of drug-likeness (QED) is 0.496. The largest absolute Gasteiger partial charge is 0.842 e. The van der Waals surface area contributed by atoms with Gasteiger partial charge in [0.15, 0.2) is 0 Å². The first kappa shape index (κ1) is 9.98. The monoisotopic (exact) mass is 185 g/mol. The molecule has 0 N–H and O–H groups in total. The molecule has 0 bridgehead atoms. The number of nitrogens with zero attached hydrogens (tertiary/aromatic N) is 3. The Labute approximate surface area is 77.8 Å². The Morgan fingerprint density at radius 2 is 1.85 bits per heavy atom. The highest BCUT2D eigenvalue weighted by Gasteiger charge is 2.44. The van der Waals surface area contributed by atoms with Crippen LogP contribution in [0.15, 0.2) is 5.10 Å². The van der Waals surface area contributed by atoms with Crippen LogP contribution in [0.2, 0.25) is 0 Å². The maximum atomic E-state index is 11.7. The van der Waals surface area contributed by atoms with E-state index in [9.17, 15) is 9.90 Å². The Morgan fingerprint density at radius 1 is 1.38 bits per heavy atom. The van der Waals surface area contributed by atoms with Gasteiger partial charge >= 0.3 is 6.03 Å². The van der Waals surface area contributed by atoms with Crippen LogP contribution in [0, 0.1) is 0 Å². The molecule has 0 saturated carbocycles.